The van der Waals surface area contributed by atoms with Crippen LogP contribution in [0.5, 0.6) is 0 Å². The summed E-state index contributed by atoms with van der Waals surface area (Å²) in [4.78, 5) is 12.2. The largest absolute Gasteiger partial charge is 0.379 e. The number of halogens is 1. The number of hydrogen-bond acceptors (Lipinski definition) is 6. The highest BCUT2D eigenvalue weighted by Gasteiger charge is 2.27. The number of ether oxygens (including phenoxy) is 1. The number of rotatable bonds is 4. The highest BCUT2D eigenvalue weighted by atomic mass is 35.5. The quantitative estimate of drug-likeness (QED) is 0.853. The molecule has 0 radical (unpaired) electrons. The van der Waals surface area contributed by atoms with E-state index in [1.54, 1.807) is 14.2 Å². The van der Waals surface area contributed by atoms with Gasteiger partial charge in [0, 0.05) is 14.2 Å². The van der Waals surface area contributed by atoms with Gasteiger partial charge < -0.3 is 15.4 Å². The molecule has 2 N–H and O–H groups in total. The Hall–Kier alpha value is -1.14. The lowest BCUT2D eigenvalue weighted by molar-refractivity contribution is 0.101. The van der Waals surface area contributed by atoms with E-state index in [9.17, 15) is 0 Å². The third kappa shape index (κ3) is 2.95. The van der Waals surface area contributed by atoms with Crippen LogP contribution in [0.1, 0.15) is 19.3 Å². The van der Waals surface area contributed by atoms with E-state index in [2.05, 4.69) is 25.6 Å². The van der Waals surface area contributed by atoms with Crippen LogP contribution < -0.4 is 10.6 Å². The first-order valence-electron chi connectivity index (χ1n) is 5.61. The summed E-state index contributed by atoms with van der Waals surface area (Å²) in [5.74, 6) is 0.947. The number of aromatic nitrogens is 3. The molecule has 1 fully saturated rings. The summed E-state index contributed by atoms with van der Waals surface area (Å²) >= 11 is 5.81. The molecule has 2 unspecified atom stereocenters. The minimum Gasteiger partial charge on any atom is -0.379 e. The zero-order chi connectivity index (χ0) is 12.3. The van der Waals surface area contributed by atoms with Crippen molar-refractivity contribution in [2.24, 2.45) is 0 Å². The van der Waals surface area contributed by atoms with Gasteiger partial charge in [-0.15, -0.1) is 0 Å². The van der Waals surface area contributed by atoms with E-state index in [4.69, 9.17) is 16.3 Å². The van der Waals surface area contributed by atoms with Crippen LogP contribution in [0, 0.1) is 0 Å². The predicted molar refractivity (Wildman–Crippen MR) is 66.4 cm³/mol. The topological polar surface area (TPSA) is 72.0 Å². The van der Waals surface area contributed by atoms with Crippen LogP contribution in [0.2, 0.25) is 5.28 Å². The van der Waals surface area contributed by atoms with Gasteiger partial charge in [0.15, 0.2) is 0 Å². The van der Waals surface area contributed by atoms with E-state index in [0.717, 1.165) is 19.3 Å². The first-order valence-corrected chi connectivity index (χ1v) is 5.99. The fourth-order valence-electron chi connectivity index (χ4n) is 2.07. The molecule has 0 aromatic carbocycles. The molecule has 2 atom stereocenters. The molecule has 1 aromatic heterocycles. The Bertz CT molecular complexity index is 389. The van der Waals surface area contributed by atoms with Gasteiger partial charge in [-0.2, -0.15) is 15.0 Å². The maximum Gasteiger partial charge on any atom is 0.229 e. The van der Waals surface area contributed by atoms with E-state index >= 15 is 0 Å². The summed E-state index contributed by atoms with van der Waals surface area (Å²) < 4.78 is 5.40. The Morgan fingerprint density at radius 3 is 2.71 bits per heavy atom. The van der Waals surface area contributed by atoms with E-state index < -0.39 is 0 Å². The van der Waals surface area contributed by atoms with Gasteiger partial charge >= 0.3 is 0 Å². The number of nitrogens with one attached hydrogen (secondary N) is 2. The van der Waals surface area contributed by atoms with Gasteiger partial charge in [0.05, 0.1) is 12.1 Å². The molecule has 94 valence electrons. The summed E-state index contributed by atoms with van der Waals surface area (Å²) in [5, 5.41) is 6.27. The fraction of sp³-hybridized carbons (Fsp3) is 0.700. The van der Waals surface area contributed by atoms with E-state index in [0.29, 0.717) is 11.9 Å². The smallest absolute Gasteiger partial charge is 0.229 e. The lowest BCUT2D eigenvalue weighted by atomic mass is 10.2. The molecule has 17 heavy (non-hydrogen) atoms. The maximum atomic E-state index is 5.81. The second-order valence-electron chi connectivity index (χ2n) is 3.96. The zero-order valence-electron chi connectivity index (χ0n) is 9.90. The van der Waals surface area contributed by atoms with E-state index in [1.165, 1.54) is 0 Å². The molecular weight excluding hydrogens is 242 g/mol. The predicted octanol–water partition coefficient (Wildman–Crippen LogP) is 1.55. The van der Waals surface area contributed by atoms with Crippen LogP contribution in [-0.2, 0) is 4.74 Å². The molecule has 1 saturated carbocycles. The van der Waals surface area contributed by atoms with Crippen molar-refractivity contribution < 1.29 is 4.74 Å². The van der Waals surface area contributed by atoms with Gasteiger partial charge in [0.2, 0.25) is 17.2 Å². The van der Waals surface area contributed by atoms with Crippen LogP contribution in [0.15, 0.2) is 0 Å². The minimum atomic E-state index is 0.179. The van der Waals surface area contributed by atoms with Gasteiger partial charge in [0.25, 0.3) is 0 Å². The molecule has 0 saturated heterocycles. The van der Waals surface area contributed by atoms with Crippen LogP contribution in [-0.4, -0.2) is 41.3 Å². The maximum absolute atomic E-state index is 5.81. The Morgan fingerprint density at radius 1 is 1.24 bits per heavy atom. The second-order valence-corrected chi connectivity index (χ2v) is 4.30. The Morgan fingerprint density at radius 2 is 2.00 bits per heavy atom. The lowest BCUT2D eigenvalue weighted by Crippen LogP contribution is -2.30. The third-order valence-corrected chi connectivity index (χ3v) is 3.07. The van der Waals surface area contributed by atoms with Crippen LogP contribution >= 0.6 is 11.6 Å². The van der Waals surface area contributed by atoms with Gasteiger partial charge in [-0.05, 0) is 30.9 Å². The average molecular weight is 258 g/mol. The molecule has 0 amide bonds. The van der Waals surface area contributed by atoms with Crippen LogP contribution in [0.4, 0.5) is 11.9 Å². The Labute approximate surface area is 105 Å². The van der Waals surface area contributed by atoms with Crippen molar-refractivity contribution in [3.63, 3.8) is 0 Å². The minimum absolute atomic E-state index is 0.179. The van der Waals surface area contributed by atoms with E-state index in [1.807, 2.05) is 0 Å². The molecule has 2 rings (SSSR count). The average Bonchev–Trinajstić information content (AvgIpc) is 2.75. The SMILES string of the molecule is CNc1nc(Cl)nc(NC2CCCC2OC)n1. The van der Waals surface area contributed by atoms with Crippen molar-refractivity contribution in [3.05, 3.63) is 5.28 Å². The molecule has 1 aliphatic carbocycles. The van der Waals surface area contributed by atoms with Gasteiger partial charge in [0.1, 0.15) is 0 Å². The number of anilines is 2. The summed E-state index contributed by atoms with van der Waals surface area (Å²) in [5.41, 5.74) is 0. The van der Waals surface area contributed by atoms with Gasteiger partial charge in [-0.1, -0.05) is 0 Å². The van der Waals surface area contributed by atoms with E-state index in [-0.39, 0.29) is 17.4 Å². The summed E-state index contributed by atoms with van der Waals surface area (Å²) in [6, 6.07) is 0.239. The monoisotopic (exact) mass is 257 g/mol. The molecule has 6 nitrogen and oxygen atoms in total. The molecule has 0 spiro atoms. The molecule has 0 aliphatic heterocycles. The summed E-state index contributed by atoms with van der Waals surface area (Å²) in [7, 11) is 3.47. The van der Waals surface area contributed by atoms with Crippen molar-refractivity contribution >= 4 is 23.5 Å². The lowest BCUT2D eigenvalue weighted by Gasteiger charge is -2.19. The molecule has 7 heteroatoms. The zero-order valence-corrected chi connectivity index (χ0v) is 10.7. The van der Waals surface area contributed by atoms with Crippen molar-refractivity contribution in [1.29, 1.82) is 0 Å². The Balaban J connectivity index is 2.09. The standard InChI is InChI=1S/C10H16ClN5O/c1-12-9-14-8(11)15-10(16-9)13-6-4-3-5-7(6)17-2/h6-7H,3-5H2,1-2H3,(H2,12,13,14,15,16). The van der Waals surface area contributed by atoms with Gasteiger partial charge in [-0.25, -0.2) is 0 Å². The van der Waals surface area contributed by atoms with Crippen molar-refractivity contribution in [2.75, 3.05) is 24.8 Å². The molecule has 1 aliphatic rings. The molecule has 1 heterocycles. The molecule has 1 aromatic rings. The highest BCUT2D eigenvalue weighted by Crippen LogP contribution is 2.24. The highest BCUT2D eigenvalue weighted by molar-refractivity contribution is 6.28. The second kappa shape index (κ2) is 5.46. The molecule has 0 bridgehead atoms. The normalized spacial score (nSPS) is 23.7. The van der Waals surface area contributed by atoms with Crippen LogP contribution in [0.25, 0.3) is 0 Å². The van der Waals surface area contributed by atoms with Gasteiger partial charge in [-0.3, -0.25) is 0 Å². The first-order chi connectivity index (χ1) is 8.22. The Kier molecular flexibility index (Phi) is 3.96. The number of hydrogen-bond donors (Lipinski definition) is 2. The summed E-state index contributed by atoms with van der Waals surface area (Å²) in [6.45, 7) is 0. The van der Waals surface area contributed by atoms with Crippen molar-refractivity contribution in [3.8, 4) is 0 Å². The first kappa shape index (κ1) is 12.3. The van der Waals surface area contributed by atoms with Crippen molar-refractivity contribution in [1.82, 2.24) is 15.0 Å². The molecular formula is C10H16ClN5O. The van der Waals surface area contributed by atoms with Crippen LogP contribution in [0.3, 0.4) is 0 Å². The van der Waals surface area contributed by atoms with Crippen molar-refractivity contribution in [2.45, 2.75) is 31.4 Å². The third-order valence-electron chi connectivity index (χ3n) is 2.90. The fourth-order valence-corrected chi connectivity index (χ4v) is 2.23. The number of nitrogens with zero attached hydrogens (tertiary/aromatic N) is 3. The summed E-state index contributed by atoms with van der Waals surface area (Å²) in [6.07, 6.45) is 3.47. The number of methoxy groups -OCH3 is 1.